The molecule has 3 nitrogen and oxygen atoms in total. The Morgan fingerprint density at radius 1 is 1.19 bits per heavy atom. The molecule has 0 spiro atoms. The predicted molar refractivity (Wildman–Crippen MR) is 89.6 cm³/mol. The van der Waals surface area contributed by atoms with Crippen molar-refractivity contribution in [2.75, 3.05) is 39.9 Å². The van der Waals surface area contributed by atoms with E-state index >= 15 is 0 Å². The average Bonchev–Trinajstić information content (AvgIpc) is 2.74. The summed E-state index contributed by atoms with van der Waals surface area (Å²) in [5.41, 5.74) is 0.466. The molecule has 1 saturated heterocycles. The lowest BCUT2D eigenvalue weighted by Gasteiger charge is -2.37. The summed E-state index contributed by atoms with van der Waals surface area (Å²) >= 11 is 0. The van der Waals surface area contributed by atoms with E-state index in [4.69, 9.17) is 4.74 Å². The zero-order valence-electron chi connectivity index (χ0n) is 14.7. The third-order valence-corrected chi connectivity index (χ3v) is 5.69. The van der Waals surface area contributed by atoms with Crippen LogP contribution in [0.15, 0.2) is 0 Å². The van der Waals surface area contributed by atoms with Gasteiger partial charge in [0.15, 0.2) is 0 Å². The largest absolute Gasteiger partial charge is 0.384 e. The first kappa shape index (κ1) is 17.2. The van der Waals surface area contributed by atoms with E-state index in [1.807, 2.05) is 7.11 Å². The van der Waals surface area contributed by atoms with Crippen LogP contribution in [0.3, 0.4) is 0 Å². The van der Waals surface area contributed by atoms with Gasteiger partial charge in [-0.15, -0.1) is 0 Å². The number of rotatable bonds is 7. The zero-order chi connectivity index (χ0) is 15.3. The second kappa shape index (κ2) is 7.94. The molecule has 3 heteroatoms. The smallest absolute Gasteiger partial charge is 0.0491 e. The van der Waals surface area contributed by atoms with Crippen LogP contribution in [0.1, 0.15) is 52.9 Å². The zero-order valence-corrected chi connectivity index (χ0v) is 14.7. The summed E-state index contributed by atoms with van der Waals surface area (Å²) in [6.07, 6.45) is 6.64. The van der Waals surface area contributed by atoms with Crippen LogP contribution in [0.2, 0.25) is 0 Å². The van der Waals surface area contributed by atoms with Gasteiger partial charge in [-0.3, -0.25) is 0 Å². The minimum Gasteiger partial charge on any atom is -0.384 e. The number of piperidine rings is 1. The molecular weight excluding hydrogens is 260 g/mol. The molecule has 2 rings (SSSR count). The fraction of sp³-hybridized carbons (Fsp3) is 1.00. The van der Waals surface area contributed by atoms with Gasteiger partial charge < -0.3 is 15.0 Å². The molecule has 0 aromatic carbocycles. The Balaban J connectivity index is 1.81. The first-order chi connectivity index (χ1) is 10.1. The number of likely N-dealkylation sites (tertiary alicyclic amines) is 1. The molecule has 1 aliphatic carbocycles. The molecule has 1 heterocycles. The Kier molecular flexibility index (Phi) is 6.51. The summed E-state index contributed by atoms with van der Waals surface area (Å²) in [5, 5.41) is 3.84. The maximum Gasteiger partial charge on any atom is 0.0491 e. The van der Waals surface area contributed by atoms with Crippen LogP contribution in [-0.4, -0.2) is 50.8 Å². The average molecular weight is 296 g/mol. The van der Waals surface area contributed by atoms with Crippen molar-refractivity contribution in [2.45, 2.75) is 58.9 Å². The summed E-state index contributed by atoms with van der Waals surface area (Å²) < 4.78 is 5.31. The van der Waals surface area contributed by atoms with Gasteiger partial charge in [-0.25, -0.2) is 0 Å². The van der Waals surface area contributed by atoms with E-state index in [-0.39, 0.29) is 0 Å². The summed E-state index contributed by atoms with van der Waals surface area (Å²) in [4.78, 5) is 2.71. The molecule has 0 bridgehead atoms. The molecule has 0 aromatic heterocycles. The number of nitrogens with one attached hydrogen (secondary N) is 1. The molecule has 0 amide bonds. The summed E-state index contributed by atoms with van der Waals surface area (Å²) in [7, 11) is 1.83. The van der Waals surface area contributed by atoms with Crippen molar-refractivity contribution in [3.63, 3.8) is 0 Å². The van der Waals surface area contributed by atoms with Crippen LogP contribution in [0.25, 0.3) is 0 Å². The molecule has 2 atom stereocenters. The fourth-order valence-electron chi connectivity index (χ4n) is 4.36. The molecule has 2 aliphatic rings. The highest BCUT2D eigenvalue weighted by atomic mass is 16.5. The van der Waals surface area contributed by atoms with Crippen LogP contribution >= 0.6 is 0 Å². The molecular formula is C18H36N2O. The molecule has 2 fully saturated rings. The molecule has 0 aromatic rings. The highest BCUT2D eigenvalue weighted by Gasteiger charge is 2.42. The molecule has 2 unspecified atom stereocenters. The van der Waals surface area contributed by atoms with Crippen LogP contribution in [0, 0.1) is 17.3 Å². The van der Waals surface area contributed by atoms with Crippen molar-refractivity contribution in [3.8, 4) is 0 Å². The standard InChI is InChI=1S/C18H36N2O/c1-5-10-19-17-16(6-9-18(17,2)3)13-20-11-7-15(8-12-20)14-21-4/h15-17,19H,5-14H2,1-4H3. The summed E-state index contributed by atoms with van der Waals surface area (Å²) in [6, 6.07) is 0.703. The van der Waals surface area contributed by atoms with Gasteiger partial charge in [-0.05, 0) is 69.0 Å². The maximum atomic E-state index is 5.31. The van der Waals surface area contributed by atoms with Gasteiger partial charge in [0.05, 0.1) is 0 Å². The van der Waals surface area contributed by atoms with Crippen LogP contribution in [0.4, 0.5) is 0 Å². The number of hydrogen-bond acceptors (Lipinski definition) is 3. The minimum atomic E-state index is 0.466. The van der Waals surface area contributed by atoms with Crippen molar-refractivity contribution < 1.29 is 4.74 Å². The third-order valence-electron chi connectivity index (χ3n) is 5.69. The molecule has 21 heavy (non-hydrogen) atoms. The van der Waals surface area contributed by atoms with Crippen LogP contribution in [0.5, 0.6) is 0 Å². The highest BCUT2D eigenvalue weighted by molar-refractivity contribution is 4.97. The van der Waals surface area contributed by atoms with E-state index in [2.05, 4.69) is 31.0 Å². The topological polar surface area (TPSA) is 24.5 Å². The second-order valence-corrected chi connectivity index (χ2v) is 7.92. The first-order valence-electron chi connectivity index (χ1n) is 9.01. The Morgan fingerprint density at radius 2 is 1.90 bits per heavy atom. The Labute approximate surface area is 131 Å². The third kappa shape index (κ3) is 4.67. The predicted octanol–water partition coefficient (Wildman–Crippen LogP) is 3.15. The van der Waals surface area contributed by atoms with Crippen molar-refractivity contribution >= 4 is 0 Å². The molecule has 1 aliphatic heterocycles. The lowest BCUT2D eigenvalue weighted by atomic mass is 9.84. The second-order valence-electron chi connectivity index (χ2n) is 7.92. The number of nitrogens with zero attached hydrogens (tertiary/aromatic N) is 1. The van der Waals surface area contributed by atoms with Crippen molar-refractivity contribution in [3.05, 3.63) is 0 Å². The molecule has 1 saturated carbocycles. The maximum absolute atomic E-state index is 5.31. The van der Waals surface area contributed by atoms with Gasteiger partial charge in [0.2, 0.25) is 0 Å². The summed E-state index contributed by atoms with van der Waals surface area (Å²) in [6.45, 7) is 13.1. The van der Waals surface area contributed by atoms with Gasteiger partial charge in [-0.2, -0.15) is 0 Å². The normalized spacial score (nSPS) is 30.9. The number of hydrogen-bond donors (Lipinski definition) is 1. The van der Waals surface area contributed by atoms with E-state index < -0.39 is 0 Å². The van der Waals surface area contributed by atoms with Crippen LogP contribution < -0.4 is 5.32 Å². The Bertz CT molecular complexity index is 298. The van der Waals surface area contributed by atoms with E-state index in [9.17, 15) is 0 Å². The highest BCUT2D eigenvalue weighted by Crippen LogP contribution is 2.42. The van der Waals surface area contributed by atoms with Gasteiger partial charge in [0, 0.05) is 26.3 Å². The SMILES string of the molecule is CCCNC1C(CN2CCC(COC)CC2)CCC1(C)C. The molecule has 1 N–H and O–H groups in total. The van der Waals surface area contributed by atoms with E-state index in [0.717, 1.165) is 18.4 Å². The van der Waals surface area contributed by atoms with Gasteiger partial charge >= 0.3 is 0 Å². The minimum absolute atomic E-state index is 0.466. The quantitative estimate of drug-likeness (QED) is 0.781. The fourth-order valence-corrected chi connectivity index (χ4v) is 4.36. The Hall–Kier alpha value is -0.120. The number of ether oxygens (including phenoxy) is 1. The van der Waals surface area contributed by atoms with Crippen molar-refractivity contribution in [1.82, 2.24) is 10.2 Å². The molecule has 0 radical (unpaired) electrons. The first-order valence-corrected chi connectivity index (χ1v) is 9.01. The lowest BCUT2D eigenvalue weighted by Crippen LogP contribution is -2.47. The van der Waals surface area contributed by atoms with Gasteiger partial charge in [0.25, 0.3) is 0 Å². The number of methoxy groups -OCH3 is 1. The van der Waals surface area contributed by atoms with Crippen molar-refractivity contribution in [2.24, 2.45) is 17.3 Å². The van der Waals surface area contributed by atoms with E-state index in [1.54, 1.807) is 0 Å². The van der Waals surface area contributed by atoms with Crippen molar-refractivity contribution in [1.29, 1.82) is 0 Å². The van der Waals surface area contributed by atoms with Gasteiger partial charge in [0.1, 0.15) is 0 Å². The summed E-state index contributed by atoms with van der Waals surface area (Å²) in [5.74, 6) is 1.63. The molecule has 124 valence electrons. The van der Waals surface area contributed by atoms with E-state index in [1.165, 1.54) is 58.3 Å². The lowest BCUT2D eigenvalue weighted by molar-refractivity contribution is 0.0878. The Morgan fingerprint density at radius 3 is 2.52 bits per heavy atom. The van der Waals surface area contributed by atoms with Gasteiger partial charge in [-0.1, -0.05) is 20.8 Å². The van der Waals surface area contributed by atoms with Crippen LogP contribution in [-0.2, 0) is 4.74 Å². The monoisotopic (exact) mass is 296 g/mol. The van der Waals surface area contributed by atoms with E-state index in [0.29, 0.717) is 11.5 Å².